The van der Waals surface area contributed by atoms with E-state index in [4.69, 9.17) is 11.6 Å². The van der Waals surface area contributed by atoms with Gasteiger partial charge in [-0.2, -0.15) is 13.2 Å². The van der Waals surface area contributed by atoms with Crippen molar-refractivity contribution in [1.29, 1.82) is 0 Å². The van der Waals surface area contributed by atoms with Crippen LogP contribution in [-0.4, -0.2) is 20.9 Å². The van der Waals surface area contributed by atoms with E-state index in [-0.39, 0.29) is 51.0 Å². The maximum atomic E-state index is 14.2. The van der Waals surface area contributed by atoms with Gasteiger partial charge in [0.2, 0.25) is 0 Å². The molecule has 14 heteroatoms. The monoisotopic (exact) mass is 596 g/mol. The number of carbonyl (C=O) groups excluding carboxylic acids is 2. The fourth-order valence-corrected chi connectivity index (χ4v) is 5.23. The van der Waals surface area contributed by atoms with E-state index in [9.17, 15) is 40.7 Å². The Morgan fingerprint density at radius 2 is 1.78 bits per heavy atom. The molecule has 1 unspecified atom stereocenters. The topological polar surface area (TPSA) is 85.1 Å². The van der Waals surface area contributed by atoms with Gasteiger partial charge in [0.05, 0.1) is 28.2 Å². The van der Waals surface area contributed by atoms with Crippen LogP contribution >= 0.6 is 11.6 Å². The predicted octanol–water partition coefficient (Wildman–Crippen LogP) is 6.18. The van der Waals surface area contributed by atoms with E-state index in [1.165, 1.54) is 16.7 Å². The fourth-order valence-electron chi connectivity index (χ4n) is 5.00. The predicted molar refractivity (Wildman–Crippen MR) is 138 cm³/mol. The van der Waals surface area contributed by atoms with Gasteiger partial charge in [0.15, 0.2) is 6.80 Å². The summed E-state index contributed by atoms with van der Waals surface area (Å²) in [6.45, 7) is 0.554. The molecule has 2 N–H and O–H groups in total. The highest BCUT2D eigenvalue weighted by atomic mass is 35.5. The molecule has 1 aliphatic rings. The minimum atomic E-state index is -4.95. The van der Waals surface area contributed by atoms with Crippen LogP contribution in [0.5, 0.6) is 0 Å². The maximum absolute atomic E-state index is 14.2. The van der Waals surface area contributed by atoms with E-state index in [1.54, 1.807) is 6.92 Å². The molecule has 2 amide bonds. The summed E-state index contributed by atoms with van der Waals surface area (Å²) in [6, 6.07) is 4.67. The molecular weight excluding hydrogens is 578 g/mol. The number of nitrogens with zero attached hydrogens (tertiary/aromatic N) is 2. The van der Waals surface area contributed by atoms with E-state index >= 15 is 0 Å². The quantitative estimate of drug-likeness (QED) is 0.261. The number of imidazole rings is 1. The third-order valence-electron chi connectivity index (χ3n) is 6.70. The van der Waals surface area contributed by atoms with E-state index < -0.39 is 59.3 Å². The van der Waals surface area contributed by atoms with Gasteiger partial charge in [0, 0.05) is 33.9 Å². The van der Waals surface area contributed by atoms with Crippen LogP contribution in [0.25, 0.3) is 11.0 Å². The van der Waals surface area contributed by atoms with Crippen LogP contribution < -0.4 is 16.3 Å². The van der Waals surface area contributed by atoms with Gasteiger partial charge < -0.3 is 10.6 Å². The summed E-state index contributed by atoms with van der Waals surface area (Å²) in [5.41, 5.74) is -3.28. The number of carbonyl (C=O) groups is 2. The van der Waals surface area contributed by atoms with Gasteiger partial charge in [-0.25, -0.2) is 18.0 Å². The van der Waals surface area contributed by atoms with Crippen molar-refractivity contribution in [2.45, 2.75) is 38.9 Å². The minimum Gasteiger partial charge on any atom is -0.341 e. The van der Waals surface area contributed by atoms with Crippen molar-refractivity contribution in [1.82, 2.24) is 14.5 Å². The lowest BCUT2D eigenvalue weighted by molar-refractivity contribution is -0.137. The second kappa shape index (κ2) is 10.3. The lowest BCUT2D eigenvalue weighted by Gasteiger charge is -2.19. The highest BCUT2D eigenvalue weighted by Gasteiger charge is 2.38. The maximum Gasteiger partial charge on any atom is 0.416 e. The zero-order valence-corrected chi connectivity index (χ0v) is 21.8. The van der Waals surface area contributed by atoms with Gasteiger partial charge >= 0.3 is 11.9 Å². The van der Waals surface area contributed by atoms with Gasteiger partial charge in [0.25, 0.3) is 11.8 Å². The van der Waals surface area contributed by atoms with Crippen LogP contribution in [0.2, 0.25) is 5.02 Å². The molecule has 1 aromatic heterocycles. The smallest absolute Gasteiger partial charge is 0.341 e. The molecular formula is C27H19ClF6N4O3. The van der Waals surface area contributed by atoms with Crippen molar-refractivity contribution in [3.05, 3.63) is 97.4 Å². The average molecular weight is 597 g/mol. The van der Waals surface area contributed by atoms with Crippen LogP contribution in [0.15, 0.2) is 47.3 Å². The molecule has 0 radical (unpaired) electrons. The molecule has 214 valence electrons. The van der Waals surface area contributed by atoms with Crippen LogP contribution in [0.1, 0.15) is 56.8 Å². The molecule has 4 aromatic rings. The second-order valence-electron chi connectivity index (χ2n) is 9.32. The van der Waals surface area contributed by atoms with Crippen LogP contribution in [0, 0.1) is 11.6 Å². The Bertz CT molecular complexity index is 1800. The number of aromatic nitrogens is 2. The number of benzene rings is 3. The van der Waals surface area contributed by atoms with Crippen molar-refractivity contribution < 1.29 is 35.9 Å². The van der Waals surface area contributed by atoms with E-state index in [2.05, 4.69) is 10.6 Å². The first-order valence-electron chi connectivity index (χ1n) is 12.2. The zero-order chi connectivity index (χ0) is 29.8. The third kappa shape index (κ3) is 4.83. The summed E-state index contributed by atoms with van der Waals surface area (Å²) in [5.74, 6) is -4.00. The molecule has 2 heterocycles. The largest absolute Gasteiger partial charge is 0.416 e. The average Bonchev–Trinajstić information content (AvgIpc) is 3.38. The van der Waals surface area contributed by atoms with Crippen LogP contribution in [0.3, 0.4) is 0 Å². The summed E-state index contributed by atoms with van der Waals surface area (Å²) in [6.07, 6.45) is -4.51. The zero-order valence-electron chi connectivity index (χ0n) is 21.0. The SMILES string of the molecule is CCCn1c(=O)n(CF)c2c3c(c(NC(=O)c4cc(F)cc(C(F)(F)F)c4)cc21)C(c1cc(F)ccc1Cl)NC3=O. The number of aryl methyl sites for hydroxylation is 1. The number of hydrogen-bond acceptors (Lipinski definition) is 3. The summed E-state index contributed by atoms with van der Waals surface area (Å²) in [4.78, 5) is 39.6. The normalized spacial score (nSPS) is 14.8. The third-order valence-corrected chi connectivity index (χ3v) is 7.05. The van der Waals surface area contributed by atoms with E-state index in [0.717, 1.165) is 16.7 Å². The molecule has 0 bridgehead atoms. The molecule has 0 aliphatic carbocycles. The fraction of sp³-hybridized carbons (Fsp3) is 0.222. The van der Waals surface area contributed by atoms with Crippen molar-refractivity contribution in [2.24, 2.45) is 0 Å². The highest BCUT2D eigenvalue weighted by molar-refractivity contribution is 6.31. The number of rotatable bonds is 6. The number of halogens is 7. The molecule has 7 nitrogen and oxygen atoms in total. The Morgan fingerprint density at radius 1 is 1.05 bits per heavy atom. The summed E-state index contributed by atoms with van der Waals surface area (Å²) in [7, 11) is 0. The van der Waals surface area contributed by atoms with E-state index in [0.29, 0.717) is 18.6 Å². The lowest BCUT2D eigenvalue weighted by atomic mass is 9.95. The Kier molecular flexibility index (Phi) is 7.10. The molecule has 0 saturated heterocycles. The Balaban J connectivity index is 1.78. The highest BCUT2D eigenvalue weighted by Crippen LogP contribution is 2.43. The molecule has 0 spiro atoms. The van der Waals surface area contributed by atoms with E-state index in [1.807, 2.05) is 0 Å². The molecule has 5 rings (SSSR count). The second-order valence-corrected chi connectivity index (χ2v) is 9.72. The molecule has 1 atom stereocenters. The molecule has 41 heavy (non-hydrogen) atoms. The van der Waals surface area contributed by atoms with Gasteiger partial charge in [-0.3, -0.25) is 18.7 Å². The van der Waals surface area contributed by atoms with Crippen molar-refractivity contribution in [3.8, 4) is 0 Å². The van der Waals surface area contributed by atoms with Gasteiger partial charge in [-0.15, -0.1) is 0 Å². The number of fused-ring (bicyclic) bond motifs is 3. The number of anilines is 1. The van der Waals surface area contributed by atoms with Crippen molar-refractivity contribution in [2.75, 3.05) is 5.32 Å². The van der Waals surface area contributed by atoms with Crippen molar-refractivity contribution >= 4 is 40.1 Å². The van der Waals surface area contributed by atoms with Crippen molar-refractivity contribution in [3.63, 3.8) is 0 Å². The minimum absolute atomic E-state index is 0.0216. The lowest BCUT2D eigenvalue weighted by Crippen LogP contribution is -2.24. The van der Waals surface area contributed by atoms with Gasteiger partial charge in [-0.05, 0) is 48.9 Å². The van der Waals surface area contributed by atoms with Crippen LogP contribution in [0.4, 0.5) is 32.0 Å². The van der Waals surface area contributed by atoms with Gasteiger partial charge in [-0.1, -0.05) is 18.5 Å². The number of hydrogen-bond donors (Lipinski definition) is 2. The summed E-state index contributed by atoms with van der Waals surface area (Å²) in [5, 5.41) is 5.03. The first kappa shape index (κ1) is 28.3. The number of alkyl halides is 4. The Hall–Kier alpha value is -4.26. The molecule has 3 aromatic carbocycles. The Labute approximate surface area is 232 Å². The summed E-state index contributed by atoms with van der Waals surface area (Å²) < 4.78 is 84.2. The van der Waals surface area contributed by atoms with Crippen LogP contribution in [-0.2, 0) is 19.5 Å². The first-order chi connectivity index (χ1) is 19.3. The summed E-state index contributed by atoms with van der Waals surface area (Å²) >= 11 is 6.30. The number of amides is 2. The van der Waals surface area contributed by atoms with Gasteiger partial charge in [0.1, 0.15) is 11.6 Å². The standard InChI is InChI=1S/C27H19ClF6N4O3/c1-2-5-37-19-10-18(35-24(39)12-6-13(27(32,33)34)8-15(31)7-12)20-21(23(19)38(11-29)26(37)41)25(40)36-22(20)16-9-14(30)3-4-17(16)28/h3-4,6-10,22H,2,5,11H2,1H3,(H,35,39)(H,36,40). The number of nitrogens with one attached hydrogen (secondary N) is 2. The molecule has 0 saturated carbocycles. The first-order valence-corrected chi connectivity index (χ1v) is 12.5. The molecule has 1 aliphatic heterocycles. The Morgan fingerprint density at radius 3 is 2.44 bits per heavy atom. The molecule has 0 fully saturated rings.